The molecule has 0 saturated heterocycles. The van der Waals surface area contributed by atoms with E-state index in [2.05, 4.69) is 64.6 Å². The van der Waals surface area contributed by atoms with Crippen LogP contribution in [0.2, 0.25) is 0 Å². The Labute approximate surface area is 112 Å². The Morgan fingerprint density at radius 2 is 1.78 bits per heavy atom. The van der Waals surface area contributed by atoms with E-state index < -0.39 is 0 Å². The molecule has 0 spiro atoms. The van der Waals surface area contributed by atoms with Crippen LogP contribution in [0.15, 0.2) is 59.5 Å². The van der Waals surface area contributed by atoms with Crippen molar-refractivity contribution in [1.82, 2.24) is 4.72 Å². The minimum atomic E-state index is 0.449. The van der Waals surface area contributed by atoms with Gasteiger partial charge < -0.3 is 5.32 Å². The van der Waals surface area contributed by atoms with Crippen molar-refractivity contribution >= 4 is 17.6 Å². The van der Waals surface area contributed by atoms with Crippen LogP contribution in [0.3, 0.4) is 0 Å². The minimum Gasteiger partial charge on any atom is -0.382 e. The highest BCUT2D eigenvalue weighted by atomic mass is 32.2. The first kappa shape index (κ1) is 11.6. The van der Waals surface area contributed by atoms with Crippen molar-refractivity contribution < 1.29 is 0 Å². The maximum Gasteiger partial charge on any atom is 0.0492 e. The predicted molar refractivity (Wildman–Crippen MR) is 77.9 cm³/mol. The molecule has 92 valence electrons. The summed E-state index contributed by atoms with van der Waals surface area (Å²) in [6, 6.07) is 19.5. The summed E-state index contributed by atoms with van der Waals surface area (Å²) >= 11 is 1.72. The topological polar surface area (TPSA) is 24.1 Å². The molecular weight excluding hydrogens is 240 g/mol. The average Bonchev–Trinajstić information content (AvgIpc) is 2.63. The van der Waals surface area contributed by atoms with Crippen LogP contribution in [0.1, 0.15) is 5.56 Å². The highest BCUT2D eigenvalue weighted by Crippen LogP contribution is 2.27. The second kappa shape index (κ2) is 5.46. The Kier molecular flexibility index (Phi) is 3.53. The van der Waals surface area contributed by atoms with Crippen LogP contribution in [-0.2, 0) is 6.42 Å². The van der Waals surface area contributed by atoms with E-state index in [4.69, 9.17) is 0 Å². The lowest BCUT2D eigenvalue weighted by molar-refractivity contribution is 0.659. The average molecular weight is 256 g/mol. The van der Waals surface area contributed by atoms with Gasteiger partial charge in [0.25, 0.3) is 0 Å². The van der Waals surface area contributed by atoms with Gasteiger partial charge in [0, 0.05) is 23.2 Å². The first-order chi connectivity index (χ1) is 8.92. The zero-order valence-electron chi connectivity index (χ0n) is 10.1. The normalized spacial score (nSPS) is 18.6. The maximum absolute atomic E-state index is 3.54. The Balaban J connectivity index is 1.68. The molecule has 2 aromatic rings. The van der Waals surface area contributed by atoms with Gasteiger partial charge in [0.05, 0.1) is 0 Å². The summed E-state index contributed by atoms with van der Waals surface area (Å²) in [5.41, 5.74) is 2.61. The van der Waals surface area contributed by atoms with Crippen LogP contribution in [-0.4, -0.2) is 12.6 Å². The first-order valence-electron chi connectivity index (χ1n) is 6.21. The number of hydrogen-bond donors (Lipinski definition) is 2. The zero-order chi connectivity index (χ0) is 12.2. The quantitative estimate of drug-likeness (QED) is 0.806. The van der Waals surface area contributed by atoms with E-state index in [-0.39, 0.29) is 0 Å². The first-order valence-corrected chi connectivity index (χ1v) is 7.03. The van der Waals surface area contributed by atoms with Crippen molar-refractivity contribution in [2.45, 2.75) is 17.4 Å². The number of rotatable bonds is 2. The number of para-hydroxylation sites is 1. The molecule has 0 amide bonds. The second-order valence-corrected chi connectivity index (χ2v) is 5.36. The van der Waals surface area contributed by atoms with Crippen LogP contribution in [0, 0.1) is 0 Å². The van der Waals surface area contributed by atoms with Crippen molar-refractivity contribution in [2.75, 3.05) is 11.9 Å². The van der Waals surface area contributed by atoms with Crippen LogP contribution in [0.5, 0.6) is 0 Å². The molecule has 0 radical (unpaired) electrons. The fourth-order valence-corrected chi connectivity index (χ4v) is 2.99. The predicted octanol–water partition coefficient (Wildman–Crippen LogP) is 3.32. The summed E-state index contributed by atoms with van der Waals surface area (Å²) in [5, 5.41) is 3.51. The lowest BCUT2D eigenvalue weighted by Crippen LogP contribution is -2.31. The van der Waals surface area contributed by atoms with Crippen LogP contribution >= 0.6 is 11.9 Å². The number of anilines is 1. The number of benzene rings is 2. The fraction of sp³-hybridized carbons (Fsp3) is 0.200. The lowest BCUT2D eigenvalue weighted by Gasteiger charge is -2.15. The van der Waals surface area contributed by atoms with Gasteiger partial charge in [-0.15, -0.1) is 0 Å². The molecule has 1 atom stereocenters. The third-order valence-electron chi connectivity index (χ3n) is 3.09. The lowest BCUT2D eigenvalue weighted by atomic mass is 10.1. The maximum atomic E-state index is 3.54. The molecule has 2 N–H and O–H groups in total. The van der Waals surface area contributed by atoms with Gasteiger partial charge in [-0.25, -0.2) is 0 Å². The molecule has 3 rings (SSSR count). The van der Waals surface area contributed by atoms with Gasteiger partial charge in [-0.2, -0.15) is 0 Å². The number of hydrogen-bond acceptors (Lipinski definition) is 3. The molecule has 0 saturated carbocycles. The summed E-state index contributed by atoms with van der Waals surface area (Å²) < 4.78 is 3.54. The minimum absolute atomic E-state index is 0.449. The van der Waals surface area contributed by atoms with Crippen molar-refractivity contribution in [1.29, 1.82) is 0 Å². The molecule has 1 aliphatic rings. The number of nitrogens with one attached hydrogen (secondary N) is 2. The second-order valence-electron chi connectivity index (χ2n) is 4.48. The summed E-state index contributed by atoms with van der Waals surface area (Å²) in [4.78, 5) is 1.27. The molecule has 3 heteroatoms. The molecule has 0 aromatic heterocycles. The van der Waals surface area contributed by atoms with E-state index in [1.165, 1.54) is 16.1 Å². The molecule has 1 aliphatic heterocycles. The SMILES string of the molecule is c1ccc(CC2CNc3ccccc3SN2)cc1. The molecular formula is C15H16N2S. The monoisotopic (exact) mass is 256 g/mol. The number of fused-ring (bicyclic) bond motifs is 1. The Morgan fingerprint density at radius 1 is 1.00 bits per heavy atom. The van der Waals surface area contributed by atoms with Gasteiger partial charge in [-0.1, -0.05) is 42.5 Å². The van der Waals surface area contributed by atoms with Gasteiger partial charge in [-0.3, -0.25) is 4.72 Å². The third kappa shape index (κ3) is 2.68. The van der Waals surface area contributed by atoms with Gasteiger partial charge in [0.2, 0.25) is 0 Å². The summed E-state index contributed by atoms with van der Waals surface area (Å²) in [5.74, 6) is 0. The Morgan fingerprint density at radius 3 is 2.67 bits per heavy atom. The van der Waals surface area contributed by atoms with Gasteiger partial charge >= 0.3 is 0 Å². The standard InChI is InChI=1S/C15H16N2S/c1-2-6-12(7-3-1)10-13-11-16-14-8-4-5-9-15(14)18-17-13/h1-9,13,16-17H,10-11H2. The summed E-state index contributed by atoms with van der Waals surface area (Å²) in [6.07, 6.45) is 1.05. The molecule has 0 bridgehead atoms. The highest BCUT2D eigenvalue weighted by molar-refractivity contribution is 7.97. The molecule has 0 aliphatic carbocycles. The largest absolute Gasteiger partial charge is 0.382 e. The van der Waals surface area contributed by atoms with Crippen molar-refractivity contribution in [3.05, 3.63) is 60.2 Å². The van der Waals surface area contributed by atoms with E-state index in [1.807, 2.05) is 0 Å². The highest BCUT2D eigenvalue weighted by Gasteiger charge is 2.15. The van der Waals surface area contributed by atoms with E-state index in [1.54, 1.807) is 11.9 Å². The van der Waals surface area contributed by atoms with E-state index in [9.17, 15) is 0 Å². The van der Waals surface area contributed by atoms with Crippen LogP contribution in [0.4, 0.5) is 5.69 Å². The summed E-state index contributed by atoms with van der Waals surface area (Å²) in [6.45, 7) is 0.957. The molecule has 1 unspecified atom stereocenters. The zero-order valence-corrected chi connectivity index (χ0v) is 10.9. The van der Waals surface area contributed by atoms with Crippen LogP contribution in [0.25, 0.3) is 0 Å². The van der Waals surface area contributed by atoms with E-state index in [0.717, 1.165) is 13.0 Å². The van der Waals surface area contributed by atoms with E-state index in [0.29, 0.717) is 6.04 Å². The van der Waals surface area contributed by atoms with Gasteiger partial charge in [0.15, 0.2) is 0 Å². The Bertz CT molecular complexity index is 486. The fourth-order valence-electron chi connectivity index (χ4n) is 2.14. The van der Waals surface area contributed by atoms with E-state index >= 15 is 0 Å². The van der Waals surface area contributed by atoms with Crippen molar-refractivity contribution in [2.24, 2.45) is 0 Å². The Hall–Kier alpha value is -1.45. The van der Waals surface area contributed by atoms with Gasteiger partial charge in [0.1, 0.15) is 0 Å². The molecule has 2 aromatic carbocycles. The third-order valence-corrected chi connectivity index (χ3v) is 4.11. The molecule has 0 fully saturated rings. The summed E-state index contributed by atoms with van der Waals surface area (Å²) in [7, 11) is 0. The van der Waals surface area contributed by atoms with Crippen molar-refractivity contribution in [3.8, 4) is 0 Å². The molecule has 18 heavy (non-hydrogen) atoms. The van der Waals surface area contributed by atoms with Gasteiger partial charge in [-0.05, 0) is 36.1 Å². The molecule has 2 nitrogen and oxygen atoms in total. The van der Waals surface area contributed by atoms with Crippen LogP contribution < -0.4 is 10.0 Å². The molecule has 1 heterocycles. The smallest absolute Gasteiger partial charge is 0.0492 e. The van der Waals surface area contributed by atoms with Crippen molar-refractivity contribution in [3.63, 3.8) is 0 Å².